The van der Waals surface area contributed by atoms with Gasteiger partial charge in [0.15, 0.2) is 0 Å². The van der Waals surface area contributed by atoms with Crippen LogP contribution < -0.4 is 10.1 Å². The van der Waals surface area contributed by atoms with Gasteiger partial charge in [-0.15, -0.1) is 0 Å². The molecule has 0 saturated carbocycles. The zero-order chi connectivity index (χ0) is 18.2. The molecule has 2 aromatic rings. The Morgan fingerprint density at radius 3 is 2.50 bits per heavy atom. The number of anilines is 1. The number of aryl methyl sites for hydroxylation is 2. The molecule has 2 rings (SSSR count). The molecule has 1 amide bonds. The van der Waals surface area contributed by atoms with E-state index in [0.717, 1.165) is 22.2 Å². The SMILES string of the molecule is COc1cc2c(C)c(C)n(C)c2cc1NC(=O)/C=C(/O)C(F)(F)F. The molecule has 8 heteroatoms. The van der Waals surface area contributed by atoms with Crippen LogP contribution in [0, 0.1) is 13.8 Å². The molecule has 0 aliphatic rings. The lowest BCUT2D eigenvalue weighted by Gasteiger charge is -2.11. The maximum Gasteiger partial charge on any atom is 0.448 e. The second-order valence-corrected chi connectivity index (χ2v) is 5.36. The van der Waals surface area contributed by atoms with E-state index in [-0.39, 0.29) is 11.8 Å². The summed E-state index contributed by atoms with van der Waals surface area (Å²) in [5.74, 6) is -2.76. The molecule has 0 spiro atoms. The third-order valence-electron chi connectivity index (χ3n) is 3.95. The number of methoxy groups -OCH3 is 1. The summed E-state index contributed by atoms with van der Waals surface area (Å²) >= 11 is 0. The second kappa shape index (κ2) is 6.10. The average Bonchev–Trinajstić information content (AvgIpc) is 2.70. The molecule has 1 heterocycles. The average molecular weight is 342 g/mol. The molecule has 24 heavy (non-hydrogen) atoms. The molecular weight excluding hydrogens is 325 g/mol. The standard InChI is InChI=1S/C16H17F3N2O3/c1-8-9(2)21(3)12-6-11(13(24-4)5-10(8)12)20-15(23)7-14(22)16(17,18)19/h5-7,22H,1-4H3,(H,20,23)/b14-7+. The summed E-state index contributed by atoms with van der Waals surface area (Å²) in [4.78, 5) is 11.7. The normalized spacial score (nSPS) is 12.5. The topological polar surface area (TPSA) is 63.5 Å². The van der Waals surface area contributed by atoms with Gasteiger partial charge in [0.2, 0.25) is 5.76 Å². The lowest BCUT2D eigenvalue weighted by Crippen LogP contribution is -2.16. The van der Waals surface area contributed by atoms with Crippen molar-refractivity contribution < 1.29 is 27.8 Å². The van der Waals surface area contributed by atoms with Crippen LogP contribution in [0.4, 0.5) is 18.9 Å². The van der Waals surface area contributed by atoms with Crippen molar-refractivity contribution in [1.29, 1.82) is 0 Å². The molecule has 2 N–H and O–H groups in total. The van der Waals surface area contributed by atoms with Crippen LogP contribution >= 0.6 is 0 Å². The highest BCUT2D eigenvalue weighted by atomic mass is 19.4. The van der Waals surface area contributed by atoms with Crippen molar-refractivity contribution in [3.8, 4) is 5.75 Å². The summed E-state index contributed by atoms with van der Waals surface area (Å²) in [6, 6.07) is 3.32. The van der Waals surface area contributed by atoms with E-state index in [2.05, 4.69) is 5.32 Å². The minimum absolute atomic E-state index is 0.0884. The van der Waals surface area contributed by atoms with E-state index >= 15 is 0 Å². The van der Waals surface area contributed by atoms with E-state index in [1.165, 1.54) is 7.11 Å². The highest BCUT2D eigenvalue weighted by Crippen LogP contribution is 2.34. The Labute approximate surface area is 136 Å². The first kappa shape index (κ1) is 17.7. The first-order valence-electron chi connectivity index (χ1n) is 6.98. The van der Waals surface area contributed by atoms with E-state index in [0.29, 0.717) is 5.75 Å². The molecule has 0 bridgehead atoms. The number of carbonyl (C=O) groups is 1. The Balaban J connectivity index is 2.45. The van der Waals surface area contributed by atoms with E-state index < -0.39 is 17.8 Å². The molecule has 0 aliphatic heterocycles. The van der Waals surface area contributed by atoms with Crippen molar-refractivity contribution in [3.05, 3.63) is 35.2 Å². The second-order valence-electron chi connectivity index (χ2n) is 5.36. The number of nitrogens with zero attached hydrogens (tertiary/aromatic N) is 1. The number of benzene rings is 1. The lowest BCUT2D eigenvalue weighted by atomic mass is 10.1. The fourth-order valence-electron chi connectivity index (χ4n) is 2.41. The van der Waals surface area contributed by atoms with E-state index in [9.17, 15) is 18.0 Å². The predicted octanol–water partition coefficient (Wildman–Crippen LogP) is 3.75. The maximum atomic E-state index is 12.3. The van der Waals surface area contributed by atoms with Crippen LogP contribution in [0.3, 0.4) is 0 Å². The van der Waals surface area contributed by atoms with Gasteiger partial charge in [0.25, 0.3) is 5.91 Å². The maximum absolute atomic E-state index is 12.3. The Morgan fingerprint density at radius 1 is 1.33 bits per heavy atom. The summed E-state index contributed by atoms with van der Waals surface area (Å²) in [5, 5.41) is 12.1. The molecule has 5 nitrogen and oxygen atoms in total. The van der Waals surface area contributed by atoms with Gasteiger partial charge in [-0.25, -0.2) is 0 Å². The third-order valence-corrected chi connectivity index (χ3v) is 3.95. The first-order chi connectivity index (χ1) is 11.1. The van der Waals surface area contributed by atoms with Gasteiger partial charge in [-0.3, -0.25) is 4.79 Å². The number of hydrogen-bond acceptors (Lipinski definition) is 3. The first-order valence-corrected chi connectivity index (χ1v) is 6.98. The molecule has 0 atom stereocenters. The van der Waals surface area contributed by atoms with Gasteiger partial charge in [0.05, 0.1) is 24.4 Å². The van der Waals surface area contributed by atoms with Gasteiger partial charge >= 0.3 is 6.18 Å². The number of aliphatic hydroxyl groups is 1. The number of amides is 1. The highest BCUT2D eigenvalue weighted by Gasteiger charge is 2.34. The van der Waals surface area contributed by atoms with E-state index in [4.69, 9.17) is 9.84 Å². The van der Waals surface area contributed by atoms with Crippen molar-refractivity contribution in [2.75, 3.05) is 12.4 Å². The third kappa shape index (κ3) is 3.17. The van der Waals surface area contributed by atoms with Gasteiger partial charge in [0.1, 0.15) is 5.75 Å². The number of nitrogens with one attached hydrogen (secondary N) is 1. The van der Waals surface area contributed by atoms with Crippen molar-refractivity contribution >= 4 is 22.5 Å². The summed E-state index contributed by atoms with van der Waals surface area (Å²) < 4.78 is 43.9. The Hall–Kier alpha value is -2.64. The number of ether oxygens (including phenoxy) is 1. The molecular formula is C16H17F3N2O3. The van der Waals surface area contributed by atoms with Gasteiger partial charge in [-0.1, -0.05) is 0 Å². The Morgan fingerprint density at radius 2 is 1.96 bits per heavy atom. The number of alkyl halides is 3. The van der Waals surface area contributed by atoms with Crippen LogP contribution in [0.1, 0.15) is 11.3 Å². The summed E-state index contributed by atoms with van der Waals surface area (Å²) in [6.07, 6.45) is -4.89. The van der Waals surface area contributed by atoms with Crippen molar-refractivity contribution in [2.24, 2.45) is 7.05 Å². The quantitative estimate of drug-likeness (QED) is 0.660. The highest BCUT2D eigenvalue weighted by molar-refractivity contribution is 6.03. The molecule has 0 unspecified atom stereocenters. The number of rotatable bonds is 3. The Bertz CT molecular complexity index is 835. The van der Waals surface area contributed by atoms with E-state index in [1.807, 2.05) is 25.5 Å². The number of allylic oxidation sites excluding steroid dienone is 1. The van der Waals surface area contributed by atoms with E-state index in [1.54, 1.807) is 12.1 Å². The molecule has 0 radical (unpaired) electrons. The van der Waals surface area contributed by atoms with Crippen LogP contribution in [0.2, 0.25) is 0 Å². The zero-order valence-electron chi connectivity index (χ0n) is 13.6. The number of halogens is 3. The van der Waals surface area contributed by atoms with Gasteiger partial charge < -0.3 is 19.7 Å². The molecule has 1 aromatic heterocycles. The number of aromatic nitrogens is 1. The summed E-state index contributed by atoms with van der Waals surface area (Å²) in [6.45, 7) is 3.88. The fourth-order valence-corrected chi connectivity index (χ4v) is 2.41. The van der Waals surface area contributed by atoms with Crippen LogP contribution in [0.15, 0.2) is 24.0 Å². The van der Waals surface area contributed by atoms with Crippen LogP contribution in [0.5, 0.6) is 5.75 Å². The number of aliphatic hydroxyl groups excluding tert-OH is 1. The zero-order valence-corrected chi connectivity index (χ0v) is 13.6. The van der Waals surface area contributed by atoms with Gasteiger partial charge in [-0.05, 0) is 31.5 Å². The van der Waals surface area contributed by atoms with Gasteiger partial charge in [-0.2, -0.15) is 13.2 Å². The number of fused-ring (bicyclic) bond motifs is 1. The van der Waals surface area contributed by atoms with Crippen LogP contribution in [-0.4, -0.2) is 28.9 Å². The van der Waals surface area contributed by atoms with Crippen molar-refractivity contribution in [3.63, 3.8) is 0 Å². The minimum Gasteiger partial charge on any atom is -0.504 e. The summed E-state index contributed by atoms with van der Waals surface area (Å²) in [7, 11) is 3.24. The van der Waals surface area contributed by atoms with Gasteiger partial charge in [0, 0.05) is 18.1 Å². The Kier molecular flexibility index (Phi) is 4.50. The molecule has 0 saturated heterocycles. The lowest BCUT2D eigenvalue weighted by molar-refractivity contribution is -0.124. The summed E-state index contributed by atoms with van der Waals surface area (Å²) in [5.41, 5.74) is 3.07. The van der Waals surface area contributed by atoms with Crippen molar-refractivity contribution in [2.45, 2.75) is 20.0 Å². The number of hydrogen-bond donors (Lipinski definition) is 2. The smallest absolute Gasteiger partial charge is 0.448 e. The minimum atomic E-state index is -4.97. The van der Waals surface area contributed by atoms with Crippen molar-refractivity contribution in [1.82, 2.24) is 4.57 Å². The fraction of sp³-hybridized carbons (Fsp3) is 0.312. The van der Waals surface area contributed by atoms with Crippen LogP contribution in [-0.2, 0) is 11.8 Å². The van der Waals surface area contributed by atoms with Crippen LogP contribution in [0.25, 0.3) is 10.9 Å². The largest absolute Gasteiger partial charge is 0.504 e. The monoisotopic (exact) mass is 342 g/mol. The number of carbonyl (C=O) groups excluding carboxylic acids is 1. The molecule has 130 valence electrons. The molecule has 0 aliphatic carbocycles. The molecule has 1 aromatic carbocycles. The predicted molar refractivity (Wildman–Crippen MR) is 84.3 cm³/mol. The molecule has 0 fully saturated rings.